The fourth-order valence-corrected chi connectivity index (χ4v) is 4.98. The molecular weight excluding hydrogens is 501 g/mol. The molecule has 0 spiro atoms. The van der Waals surface area contributed by atoms with Crippen molar-refractivity contribution in [2.45, 2.75) is 19.9 Å². The third-order valence-corrected chi connectivity index (χ3v) is 6.29. The maximum absolute atomic E-state index is 3.68. The minimum Gasteiger partial charge on any atom is -0.306 e. The zero-order valence-electron chi connectivity index (χ0n) is 10.6. The Kier molecular flexibility index (Phi) is 5.90. The Morgan fingerprint density at radius 1 is 1.32 bits per heavy atom. The molecule has 1 unspecified atom stereocenters. The SMILES string of the molecule is CCNC(c1cc(Br)ccc1I)c1sc(C)cc1Br. The highest BCUT2D eigenvalue weighted by Gasteiger charge is 2.20. The predicted octanol–water partition coefficient (Wildman–Crippen LogP) is 5.89. The van der Waals surface area contributed by atoms with Crippen molar-refractivity contribution in [3.63, 3.8) is 0 Å². The lowest BCUT2D eigenvalue weighted by atomic mass is 10.1. The second kappa shape index (κ2) is 7.02. The second-order valence-electron chi connectivity index (χ2n) is 4.23. The van der Waals surface area contributed by atoms with E-state index in [2.05, 4.69) is 97.9 Å². The summed E-state index contributed by atoms with van der Waals surface area (Å²) in [6, 6.07) is 8.87. The number of nitrogens with one attached hydrogen (secondary N) is 1. The van der Waals surface area contributed by atoms with Gasteiger partial charge in [-0.2, -0.15) is 0 Å². The van der Waals surface area contributed by atoms with Gasteiger partial charge < -0.3 is 5.32 Å². The largest absolute Gasteiger partial charge is 0.306 e. The minimum atomic E-state index is 0.238. The Labute approximate surface area is 148 Å². The molecule has 102 valence electrons. The molecule has 0 aliphatic heterocycles. The molecule has 0 fully saturated rings. The molecule has 0 amide bonds. The highest BCUT2D eigenvalue weighted by atomic mass is 127. The summed E-state index contributed by atoms with van der Waals surface area (Å²) in [4.78, 5) is 2.67. The Bertz CT molecular complexity index is 583. The predicted molar refractivity (Wildman–Crippen MR) is 99.1 cm³/mol. The van der Waals surface area contributed by atoms with E-state index in [4.69, 9.17) is 0 Å². The van der Waals surface area contributed by atoms with Gasteiger partial charge in [0.1, 0.15) is 0 Å². The highest BCUT2D eigenvalue weighted by Crippen LogP contribution is 2.37. The van der Waals surface area contributed by atoms with Crippen molar-refractivity contribution in [1.29, 1.82) is 0 Å². The van der Waals surface area contributed by atoms with Gasteiger partial charge in [-0.05, 0) is 81.8 Å². The molecule has 5 heteroatoms. The van der Waals surface area contributed by atoms with Gasteiger partial charge in [0.25, 0.3) is 0 Å². The van der Waals surface area contributed by atoms with Crippen LogP contribution >= 0.6 is 65.8 Å². The second-order valence-corrected chi connectivity index (χ2v) is 8.45. The van der Waals surface area contributed by atoms with Crippen LogP contribution in [-0.4, -0.2) is 6.54 Å². The first-order chi connectivity index (χ1) is 9.02. The smallest absolute Gasteiger partial charge is 0.0693 e. The summed E-state index contributed by atoms with van der Waals surface area (Å²) < 4.78 is 3.59. The molecule has 0 radical (unpaired) electrons. The summed E-state index contributed by atoms with van der Waals surface area (Å²) in [6.07, 6.45) is 0. The molecule has 2 aromatic rings. The van der Waals surface area contributed by atoms with Gasteiger partial charge in [0.15, 0.2) is 0 Å². The maximum atomic E-state index is 3.68. The van der Waals surface area contributed by atoms with Crippen LogP contribution in [0.2, 0.25) is 0 Å². The molecule has 19 heavy (non-hydrogen) atoms. The maximum Gasteiger partial charge on any atom is 0.0693 e. The molecule has 0 aliphatic rings. The zero-order valence-corrected chi connectivity index (χ0v) is 16.8. The molecule has 0 aliphatic carbocycles. The van der Waals surface area contributed by atoms with Gasteiger partial charge in [-0.1, -0.05) is 22.9 Å². The van der Waals surface area contributed by atoms with Gasteiger partial charge in [0.05, 0.1) is 6.04 Å². The molecule has 1 N–H and O–H groups in total. The van der Waals surface area contributed by atoms with Crippen molar-refractivity contribution in [1.82, 2.24) is 5.32 Å². The van der Waals surface area contributed by atoms with Crippen LogP contribution in [0.15, 0.2) is 33.2 Å². The number of hydrogen-bond acceptors (Lipinski definition) is 2. The summed E-state index contributed by atoms with van der Waals surface area (Å²) in [7, 11) is 0. The van der Waals surface area contributed by atoms with Gasteiger partial charge in [-0.25, -0.2) is 0 Å². The topological polar surface area (TPSA) is 12.0 Å². The van der Waals surface area contributed by atoms with E-state index in [0.717, 1.165) is 11.0 Å². The number of benzene rings is 1. The summed E-state index contributed by atoms with van der Waals surface area (Å²) in [5.74, 6) is 0. The third kappa shape index (κ3) is 3.81. The van der Waals surface area contributed by atoms with E-state index in [1.165, 1.54) is 23.4 Å². The lowest BCUT2D eigenvalue weighted by Gasteiger charge is -2.19. The molecule has 1 aromatic carbocycles. The number of rotatable bonds is 4. The van der Waals surface area contributed by atoms with Crippen LogP contribution in [0.4, 0.5) is 0 Å². The molecule has 0 bridgehead atoms. The highest BCUT2D eigenvalue weighted by molar-refractivity contribution is 14.1. The van der Waals surface area contributed by atoms with E-state index < -0.39 is 0 Å². The molecule has 2 rings (SSSR count). The molecule has 0 saturated heterocycles. The fourth-order valence-electron chi connectivity index (χ4n) is 1.98. The monoisotopic (exact) mass is 513 g/mol. The lowest BCUT2D eigenvalue weighted by Crippen LogP contribution is -2.22. The molecule has 1 aromatic heterocycles. The first-order valence-electron chi connectivity index (χ1n) is 5.97. The molecular formula is C14H14Br2INS. The van der Waals surface area contributed by atoms with Crippen molar-refractivity contribution in [2.75, 3.05) is 6.54 Å². The van der Waals surface area contributed by atoms with Gasteiger partial charge >= 0.3 is 0 Å². The van der Waals surface area contributed by atoms with Crippen LogP contribution in [0.5, 0.6) is 0 Å². The van der Waals surface area contributed by atoms with E-state index in [1.54, 1.807) is 0 Å². The summed E-state index contributed by atoms with van der Waals surface area (Å²) >= 11 is 11.5. The molecule has 1 nitrogen and oxygen atoms in total. The van der Waals surface area contributed by atoms with Crippen LogP contribution in [0.3, 0.4) is 0 Å². The normalized spacial score (nSPS) is 12.7. The number of halogens is 3. The first-order valence-corrected chi connectivity index (χ1v) is 9.45. The van der Waals surface area contributed by atoms with E-state index in [1.807, 2.05) is 11.3 Å². The van der Waals surface area contributed by atoms with Crippen molar-refractivity contribution < 1.29 is 0 Å². The van der Waals surface area contributed by atoms with Gasteiger partial charge in [-0.3, -0.25) is 0 Å². The number of hydrogen-bond donors (Lipinski definition) is 1. The molecule has 1 atom stereocenters. The number of aryl methyl sites for hydroxylation is 1. The van der Waals surface area contributed by atoms with E-state index in [9.17, 15) is 0 Å². The average Bonchev–Trinajstić information content (AvgIpc) is 2.69. The van der Waals surface area contributed by atoms with Gasteiger partial charge in [0, 0.05) is 22.3 Å². The van der Waals surface area contributed by atoms with Gasteiger partial charge in [0.2, 0.25) is 0 Å². The first kappa shape index (κ1) is 15.9. The summed E-state index contributed by atoms with van der Waals surface area (Å²) in [6.45, 7) is 5.23. The van der Waals surface area contributed by atoms with Crippen LogP contribution in [0.25, 0.3) is 0 Å². The van der Waals surface area contributed by atoms with Crippen LogP contribution in [-0.2, 0) is 0 Å². The Hall–Kier alpha value is 0.570. The van der Waals surface area contributed by atoms with Crippen molar-refractivity contribution in [3.05, 3.63) is 52.1 Å². The minimum absolute atomic E-state index is 0.238. The fraction of sp³-hybridized carbons (Fsp3) is 0.286. The Morgan fingerprint density at radius 3 is 2.63 bits per heavy atom. The van der Waals surface area contributed by atoms with Crippen LogP contribution in [0, 0.1) is 10.5 Å². The summed E-state index contributed by atoms with van der Waals surface area (Å²) in [5, 5.41) is 3.59. The van der Waals surface area contributed by atoms with E-state index in [-0.39, 0.29) is 6.04 Å². The molecule has 0 saturated carbocycles. The van der Waals surface area contributed by atoms with Crippen molar-refractivity contribution >= 4 is 65.8 Å². The molecule has 1 heterocycles. The third-order valence-electron chi connectivity index (χ3n) is 2.78. The van der Waals surface area contributed by atoms with Crippen LogP contribution < -0.4 is 5.32 Å². The summed E-state index contributed by atoms with van der Waals surface area (Å²) in [5.41, 5.74) is 1.32. The van der Waals surface area contributed by atoms with Crippen LogP contribution in [0.1, 0.15) is 28.3 Å². The Balaban J connectivity index is 2.51. The lowest BCUT2D eigenvalue weighted by molar-refractivity contribution is 0.635. The van der Waals surface area contributed by atoms with Gasteiger partial charge in [-0.15, -0.1) is 11.3 Å². The average molecular weight is 515 g/mol. The number of thiophene rings is 1. The quantitative estimate of drug-likeness (QED) is 0.502. The van der Waals surface area contributed by atoms with Crippen molar-refractivity contribution in [2.24, 2.45) is 0 Å². The standard InChI is InChI=1S/C14H14Br2INS/c1-3-18-13(14-11(16)6-8(2)19-14)10-7-9(15)4-5-12(10)17/h4-7,13,18H,3H2,1-2H3. The zero-order chi connectivity index (χ0) is 14.0. The van der Waals surface area contributed by atoms with E-state index >= 15 is 0 Å². The van der Waals surface area contributed by atoms with Crippen molar-refractivity contribution in [3.8, 4) is 0 Å². The van der Waals surface area contributed by atoms with E-state index in [0.29, 0.717) is 0 Å². The Morgan fingerprint density at radius 2 is 2.05 bits per heavy atom.